The van der Waals surface area contributed by atoms with Gasteiger partial charge < -0.3 is 10.4 Å². The number of carbonyl (C=O) groups excluding carboxylic acids is 1. The van der Waals surface area contributed by atoms with Gasteiger partial charge in [-0.2, -0.15) is 0 Å². The van der Waals surface area contributed by atoms with Crippen LogP contribution in [0.2, 0.25) is 0 Å². The quantitative estimate of drug-likeness (QED) is 0.847. The van der Waals surface area contributed by atoms with E-state index in [0.29, 0.717) is 6.54 Å². The molecule has 0 aromatic carbocycles. The fourth-order valence-corrected chi connectivity index (χ4v) is 3.48. The van der Waals surface area contributed by atoms with Gasteiger partial charge in [0, 0.05) is 18.3 Å². The van der Waals surface area contributed by atoms with Crippen molar-refractivity contribution in [1.82, 2.24) is 10.3 Å². The van der Waals surface area contributed by atoms with Crippen molar-refractivity contribution in [2.75, 3.05) is 6.54 Å². The van der Waals surface area contributed by atoms with E-state index < -0.39 is 5.60 Å². The highest BCUT2D eigenvalue weighted by atomic mass is 32.1. The minimum absolute atomic E-state index is 0.0413. The lowest BCUT2D eigenvalue weighted by Crippen LogP contribution is -2.38. The van der Waals surface area contributed by atoms with Crippen LogP contribution in [0.15, 0.2) is 5.38 Å². The number of rotatable bonds is 6. The molecule has 0 aliphatic heterocycles. The first-order valence-corrected chi connectivity index (χ1v) is 8.42. The topological polar surface area (TPSA) is 62.2 Å². The fourth-order valence-electron chi connectivity index (χ4n) is 2.70. The molecule has 1 aliphatic rings. The molecular weight excluding hydrogens is 272 g/mol. The highest BCUT2D eigenvalue weighted by molar-refractivity contribution is 7.09. The van der Waals surface area contributed by atoms with Gasteiger partial charge in [0.1, 0.15) is 0 Å². The van der Waals surface area contributed by atoms with Crippen molar-refractivity contribution in [2.45, 2.75) is 63.9 Å². The molecule has 2 rings (SSSR count). The molecule has 1 fully saturated rings. The highest BCUT2D eigenvalue weighted by Crippen LogP contribution is 2.30. The number of aryl methyl sites for hydroxylation is 1. The van der Waals surface area contributed by atoms with Crippen LogP contribution in [0.5, 0.6) is 0 Å². The summed E-state index contributed by atoms with van der Waals surface area (Å²) in [7, 11) is 0. The van der Waals surface area contributed by atoms with Gasteiger partial charge in [-0.05, 0) is 19.3 Å². The number of thiazole rings is 1. The smallest absolute Gasteiger partial charge is 0.222 e. The van der Waals surface area contributed by atoms with Gasteiger partial charge in [-0.15, -0.1) is 11.3 Å². The third-order valence-electron chi connectivity index (χ3n) is 3.88. The lowest BCUT2D eigenvalue weighted by atomic mass is 9.82. The molecule has 1 heterocycles. The molecule has 2 N–H and O–H groups in total. The molecule has 0 saturated heterocycles. The van der Waals surface area contributed by atoms with Crippen LogP contribution in [0.4, 0.5) is 0 Å². The monoisotopic (exact) mass is 296 g/mol. The van der Waals surface area contributed by atoms with Crippen LogP contribution < -0.4 is 5.32 Å². The summed E-state index contributed by atoms with van der Waals surface area (Å²) < 4.78 is 0. The van der Waals surface area contributed by atoms with E-state index in [1.54, 1.807) is 11.3 Å². The number of nitrogens with one attached hydrogen (secondary N) is 1. The van der Waals surface area contributed by atoms with Crippen molar-refractivity contribution in [1.29, 1.82) is 0 Å². The Balaban J connectivity index is 1.69. The average Bonchev–Trinajstić information content (AvgIpc) is 2.87. The molecule has 0 spiro atoms. The second-order valence-corrected chi connectivity index (χ2v) is 6.59. The first-order chi connectivity index (χ1) is 9.61. The van der Waals surface area contributed by atoms with E-state index in [1.807, 2.05) is 0 Å². The lowest BCUT2D eigenvalue weighted by molar-refractivity contribution is -0.127. The van der Waals surface area contributed by atoms with E-state index in [2.05, 4.69) is 22.6 Å². The summed E-state index contributed by atoms with van der Waals surface area (Å²) in [4.78, 5) is 16.4. The van der Waals surface area contributed by atoms with Crippen LogP contribution in [-0.2, 0) is 17.6 Å². The van der Waals surface area contributed by atoms with Gasteiger partial charge in [-0.25, -0.2) is 4.98 Å². The zero-order valence-electron chi connectivity index (χ0n) is 12.2. The highest BCUT2D eigenvalue weighted by Gasteiger charge is 2.31. The van der Waals surface area contributed by atoms with Gasteiger partial charge in [-0.1, -0.05) is 26.2 Å². The predicted molar refractivity (Wildman–Crippen MR) is 80.9 cm³/mol. The molecule has 5 heteroatoms. The Hall–Kier alpha value is -0.940. The van der Waals surface area contributed by atoms with Crippen molar-refractivity contribution in [3.63, 3.8) is 0 Å². The van der Waals surface area contributed by atoms with E-state index in [0.717, 1.165) is 49.2 Å². The second-order valence-electron chi connectivity index (χ2n) is 5.65. The summed E-state index contributed by atoms with van der Waals surface area (Å²) in [5.74, 6) is -0.0413. The molecule has 1 saturated carbocycles. The number of hydrogen-bond acceptors (Lipinski definition) is 4. The van der Waals surface area contributed by atoms with Crippen LogP contribution >= 0.6 is 11.3 Å². The third kappa shape index (κ3) is 4.56. The van der Waals surface area contributed by atoms with Gasteiger partial charge >= 0.3 is 0 Å². The van der Waals surface area contributed by atoms with Crippen molar-refractivity contribution < 1.29 is 9.90 Å². The molecule has 20 heavy (non-hydrogen) atoms. The zero-order chi connectivity index (χ0) is 14.4. The van der Waals surface area contributed by atoms with Gasteiger partial charge in [0.2, 0.25) is 5.91 Å². The minimum Gasteiger partial charge on any atom is -0.389 e. The van der Waals surface area contributed by atoms with Gasteiger partial charge in [0.25, 0.3) is 0 Å². The maximum Gasteiger partial charge on any atom is 0.222 e. The fraction of sp³-hybridized carbons (Fsp3) is 0.733. The molecule has 1 amide bonds. The first kappa shape index (κ1) is 15.4. The van der Waals surface area contributed by atoms with E-state index in [1.165, 1.54) is 6.42 Å². The van der Waals surface area contributed by atoms with E-state index in [4.69, 9.17) is 0 Å². The Morgan fingerprint density at radius 2 is 2.20 bits per heavy atom. The largest absolute Gasteiger partial charge is 0.389 e. The summed E-state index contributed by atoms with van der Waals surface area (Å²) in [6.45, 7) is 2.69. The first-order valence-electron chi connectivity index (χ1n) is 7.54. The maximum absolute atomic E-state index is 11.9. The Bertz CT molecular complexity index is 439. The van der Waals surface area contributed by atoms with Gasteiger partial charge in [-0.3, -0.25) is 4.79 Å². The summed E-state index contributed by atoms with van der Waals surface area (Å²) in [6.07, 6.45) is 6.71. The summed E-state index contributed by atoms with van der Waals surface area (Å²) in [5.41, 5.74) is 0.279. The summed E-state index contributed by atoms with van der Waals surface area (Å²) >= 11 is 1.67. The molecule has 0 atom stereocenters. The number of amides is 1. The molecular formula is C15H24N2O2S. The molecule has 0 unspecified atom stereocenters. The third-order valence-corrected chi connectivity index (χ3v) is 4.92. The van der Waals surface area contributed by atoms with Crippen LogP contribution in [-0.4, -0.2) is 28.1 Å². The number of aromatic nitrogens is 1. The molecule has 0 radical (unpaired) electrons. The Labute approximate surface area is 124 Å². The SMILES string of the molecule is CCc1nc(CCNC(=O)CC2(O)CCCCC2)cs1. The van der Waals surface area contributed by atoms with E-state index >= 15 is 0 Å². The Morgan fingerprint density at radius 3 is 2.85 bits per heavy atom. The van der Waals surface area contributed by atoms with Gasteiger partial charge in [0.15, 0.2) is 0 Å². The number of aliphatic hydroxyl groups is 1. The lowest BCUT2D eigenvalue weighted by Gasteiger charge is -2.31. The second kappa shape index (κ2) is 7.18. The molecule has 1 aromatic heterocycles. The zero-order valence-corrected chi connectivity index (χ0v) is 13.0. The summed E-state index contributed by atoms with van der Waals surface area (Å²) in [6, 6.07) is 0. The molecule has 4 nitrogen and oxygen atoms in total. The average molecular weight is 296 g/mol. The van der Waals surface area contributed by atoms with Crippen LogP contribution in [0.25, 0.3) is 0 Å². The van der Waals surface area contributed by atoms with Crippen molar-refractivity contribution in [3.05, 3.63) is 16.1 Å². The molecule has 1 aliphatic carbocycles. The summed E-state index contributed by atoms with van der Waals surface area (Å²) in [5, 5.41) is 16.4. The molecule has 112 valence electrons. The maximum atomic E-state index is 11.9. The van der Waals surface area contributed by atoms with E-state index in [-0.39, 0.29) is 12.3 Å². The van der Waals surface area contributed by atoms with Crippen LogP contribution in [0.3, 0.4) is 0 Å². The number of hydrogen-bond donors (Lipinski definition) is 2. The Morgan fingerprint density at radius 1 is 1.45 bits per heavy atom. The van der Waals surface area contributed by atoms with Crippen molar-refractivity contribution in [3.8, 4) is 0 Å². The Kier molecular flexibility index (Phi) is 5.54. The normalized spacial score (nSPS) is 17.9. The van der Waals surface area contributed by atoms with Crippen LogP contribution in [0, 0.1) is 0 Å². The molecule has 0 bridgehead atoms. The minimum atomic E-state index is -0.766. The number of carbonyl (C=O) groups is 1. The predicted octanol–water partition coefficient (Wildman–Crippen LogP) is 2.45. The number of nitrogens with zero attached hydrogens (tertiary/aromatic N) is 1. The van der Waals surface area contributed by atoms with E-state index in [9.17, 15) is 9.90 Å². The van der Waals surface area contributed by atoms with Crippen molar-refractivity contribution >= 4 is 17.2 Å². The standard InChI is InChI=1S/C15H24N2O2S/c1-2-14-17-12(11-20-14)6-9-16-13(18)10-15(19)7-4-3-5-8-15/h11,19H,2-10H2,1H3,(H,16,18). The molecule has 1 aromatic rings. The van der Waals surface area contributed by atoms with Crippen molar-refractivity contribution in [2.24, 2.45) is 0 Å². The van der Waals surface area contributed by atoms with Crippen LogP contribution in [0.1, 0.15) is 56.2 Å². The van der Waals surface area contributed by atoms with Gasteiger partial charge in [0.05, 0.1) is 22.7 Å².